The van der Waals surface area contributed by atoms with Crippen molar-refractivity contribution in [3.8, 4) is 5.69 Å². The maximum atomic E-state index is 12.0. The van der Waals surface area contributed by atoms with Crippen LogP contribution < -0.4 is 5.32 Å². The molecule has 1 aliphatic carbocycles. The van der Waals surface area contributed by atoms with Crippen molar-refractivity contribution in [3.63, 3.8) is 0 Å². The Morgan fingerprint density at radius 2 is 1.84 bits per heavy atom. The van der Waals surface area contributed by atoms with E-state index >= 15 is 0 Å². The van der Waals surface area contributed by atoms with Gasteiger partial charge in [-0.05, 0) is 79.9 Å². The van der Waals surface area contributed by atoms with Gasteiger partial charge in [-0.3, -0.25) is 0 Å². The van der Waals surface area contributed by atoms with Gasteiger partial charge in [0.2, 0.25) is 0 Å². The van der Waals surface area contributed by atoms with E-state index in [4.69, 9.17) is 4.74 Å². The Kier molecular flexibility index (Phi) is 6.02. The fourth-order valence-electron chi connectivity index (χ4n) is 4.38. The molecule has 1 aromatic heterocycles. The van der Waals surface area contributed by atoms with Crippen molar-refractivity contribution in [3.05, 3.63) is 65.0 Å². The molecule has 162 valence electrons. The van der Waals surface area contributed by atoms with E-state index in [0.29, 0.717) is 12.2 Å². The molecule has 7 nitrogen and oxygen atoms in total. The second-order valence-electron chi connectivity index (χ2n) is 8.27. The van der Waals surface area contributed by atoms with Crippen LogP contribution in [0.4, 0.5) is 5.69 Å². The number of carbonyl (C=O) groups excluding carboxylic acids is 1. The van der Waals surface area contributed by atoms with Crippen LogP contribution in [0.2, 0.25) is 0 Å². The number of esters is 1. The summed E-state index contributed by atoms with van der Waals surface area (Å²) in [6.07, 6.45) is 5.37. The third-order valence-electron chi connectivity index (χ3n) is 5.98. The third kappa shape index (κ3) is 4.31. The standard InChI is InChI=1S/C24H29N5O2/c1-4-31-22(30)19-9-11-20(12-10-19)29-23(26-27-28-29)24(14-6-5-7-15-24)25-21-13-8-17(2)16-18(21)3/h8-13,16,25H,4-7,14-15H2,1-3H3. The van der Waals surface area contributed by atoms with Gasteiger partial charge in [0.05, 0.1) is 23.4 Å². The fourth-order valence-corrected chi connectivity index (χ4v) is 4.38. The SMILES string of the molecule is CCOC(=O)c1ccc(-n2nnnc2C2(Nc3ccc(C)cc3C)CCCCC2)cc1. The van der Waals surface area contributed by atoms with Crippen molar-refractivity contribution >= 4 is 11.7 Å². The summed E-state index contributed by atoms with van der Waals surface area (Å²) < 4.78 is 6.87. The number of nitrogens with one attached hydrogen (secondary N) is 1. The van der Waals surface area contributed by atoms with Gasteiger partial charge in [-0.15, -0.1) is 5.10 Å². The summed E-state index contributed by atoms with van der Waals surface area (Å²) in [5, 5.41) is 16.6. The maximum absolute atomic E-state index is 12.0. The number of tetrazole rings is 1. The first-order chi connectivity index (χ1) is 15.0. The molecule has 4 rings (SSSR count). The summed E-state index contributed by atoms with van der Waals surface area (Å²) in [6, 6.07) is 13.7. The highest BCUT2D eigenvalue weighted by atomic mass is 16.5. The number of nitrogens with zero attached hydrogens (tertiary/aromatic N) is 4. The van der Waals surface area contributed by atoms with E-state index in [9.17, 15) is 4.79 Å². The molecule has 0 bridgehead atoms. The van der Waals surface area contributed by atoms with Crippen LogP contribution in [0.25, 0.3) is 5.69 Å². The molecule has 1 saturated carbocycles. The van der Waals surface area contributed by atoms with Crippen molar-refractivity contribution in [2.75, 3.05) is 11.9 Å². The number of rotatable bonds is 6. The van der Waals surface area contributed by atoms with Crippen LogP contribution in [0.3, 0.4) is 0 Å². The molecule has 1 heterocycles. The van der Waals surface area contributed by atoms with Gasteiger partial charge in [-0.2, -0.15) is 4.68 Å². The van der Waals surface area contributed by atoms with Gasteiger partial charge in [0.25, 0.3) is 0 Å². The second kappa shape index (κ2) is 8.88. The van der Waals surface area contributed by atoms with Crippen LogP contribution in [0, 0.1) is 13.8 Å². The first kappa shape index (κ1) is 21.0. The van der Waals surface area contributed by atoms with Crippen LogP contribution in [0.15, 0.2) is 42.5 Å². The van der Waals surface area contributed by atoms with Gasteiger partial charge < -0.3 is 10.1 Å². The smallest absolute Gasteiger partial charge is 0.338 e. The van der Waals surface area contributed by atoms with Crippen LogP contribution in [0.5, 0.6) is 0 Å². The van der Waals surface area contributed by atoms with E-state index in [-0.39, 0.29) is 11.5 Å². The molecule has 0 aliphatic heterocycles. The molecule has 31 heavy (non-hydrogen) atoms. The average molecular weight is 420 g/mol. The second-order valence-corrected chi connectivity index (χ2v) is 8.27. The van der Waals surface area contributed by atoms with Crippen LogP contribution in [-0.4, -0.2) is 32.8 Å². The van der Waals surface area contributed by atoms with Crippen LogP contribution in [-0.2, 0) is 10.3 Å². The number of hydrogen-bond acceptors (Lipinski definition) is 6. The number of hydrogen-bond donors (Lipinski definition) is 1. The highest BCUT2D eigenvalue weighted by molar-refractivity contribution is 5.89. The zero-order valence-electron chi connectivity index (χ0n) is 18.4. The highest BCUT2D eigenvalue weighted by Crippen LogP contribution is 2.40. The molecule has 0 unspecified atom stereocenters. The summed E-state index contributed by atoms with van der Waals surface area (Å²) >= 11 is 0. The first-order valence-electron chi connectivity index (χ1n) is 10.9. The summed E-state index contributed by atoms with van der Waals surface area (Å²) in [4.78, 5) is 12.0. The largest absolute Gasteiger partial charge is 0.462 e. The predicted octanol–water partition coefficient (Wildman–Crippen LogP) is 4.73. The lowest BCUT2D eigenvalue weighted by Crippen LogP contribution is -2.40. The Hall–Kier alpha value is -3.22. The number of benzene rings is 2. The van der Waals surface area contributed by atoms with E-state index in [0.717, 1.165) is 42.9 Å². The molecule has 0 amide bonds. The first-order valence-corrected chi connectivity index (χ1v) is 10.9. The van der Waals surface area contributed by atoms with Gasteiger partial charge in [-0.1, -0.05) is 37.0 Å². The normalized spacial score (nSPS) is 15.5. The Balaban J connectivity index is 1.70. The van der Waals surface area contributed by atoms with Crippen molar-refractivity contribution in [2.45, 2.75) is 58.4 Å². The molecule has 2 aromatic carbocycles. The van der Waals surface area contributed by atoms with E-state index in [1.807, 2.05) is 12.1 Å². The number of aryl methyl sites for hydroxylation is 2. The molecule has 0 spiro atoms. The topological polar surface area (TPSA) is 81.9 Å². The van der Waals surface area contributed by atoms with Crippen LogP contribution in [0.1, 0.15) is 66.3 Å². The maximum Gasteiger partial charge on any atom is 0.338 e. The molecule has 7 heteroatoms. The number of carbonyl (C=O) groups is 1. The van der Waals surface area contributed by atoms with Crippen molar-refractivity contribution < 1.29 is 9.53 Å². The molecular formula is C24H29N5O2. The number of ether oxygens (including phenoxy) is 1. The quantitative estimate of drug-likeness (QED) is 0.582. The lowest BCUT2D eigenvalue weighted by molar-refractivity contribution is 0.0526. The summed E-state index contributed by atoms with van der Waals surface area (Å²) in [5.41, 5.74) is 4.55. The van der Waals surface area contributed by atoms with Gasteiger partial charge in [0.1, 0.15) is 0 Å². The number of anilines is 1. The summed E-state index contributed by atoms with van der Waals surface area (Å²) in [5.74, 6) is 0.474. The molecule has 0 atom stereocenters. The van der Waals surface area contributed by atoms with Crippen molar-refractivity contribution in [1.82, 2.24) is 20.2 Å². The Labute approximate surface area is 182 Å². The molecule has 3 aromatic rings. The molecule has 0 saturated heterocycles. The van der Waals surface area contributed by atoms with E-state index < -0.39 is 0 Å². The fraction of sp³-hybridized carbons (Fsp3) is 0.417. The van der Waals surface area contributed by atoms with E-state index in [1.165, 1.54) is 17.5 Å². The number of aromatic nitrogens is 4. The molecule has 0 radical (unpaired) electrons. The average Bonchev–Trinajstić information content (AvgIpc) is 3.27. The lowest BCUT2D eigenvalue weighted by atomic mass is 9.80. The molecule has 1 fully saturated rings. The zero-order valence-corrected chi connectivity index (χ0v) is 18.4. The highest BCUT2D eigenvalue weighted by Gasteiger charge is 2.39. The minimum Gasteiger partial charge on any atom is -0.462 e. The Bertz CT molecular complexity index is 1050. The third-order valence-corrected chi connectivity index (χ3v) is 5.98. The van der Waals surface area contributed by atoms with Gasteiger partial charge >= 0.3 is 5.97 Å². The van der Waals surface area contributed by atoms with E-state index in [1.54, 1.807) is 23.7 Å². The molecular weight excluding hydrogens is 390 g/mol. The lowest BCUT2D eigenvalue weighted by Gasteiger charge is -2.38. The van der Waals surface area contributed by atoms with Crippen molar-refractivity contribution in [2.24, 2.45) is 0 Å². The minimum absolute atomic E-state index is 0.328. The minimum atomic E-state index is -0.346. The molecule has 1 aliphatic rings. The predicted molar refractivity (Wildman–Crippen MR) is 119 cm³/mol. The van der Waals surface area contributed by atoms with Gasteiger partial charge in [0, 0.05) is 5.69 Å². The monoisotopic (exact) mass is 419 g/mol. The van der Waals surface area contributed by atoms with Gasteiger partial charge in [-0.25, -0.2) is 4.79 Å². The zero-order chi connectivity index (χ0) is 21.8. The Morgan fingerprint density at radius 1 is 1.10 bits per heavy atom. The summed E-state index contributed by atoms with van der Waals surface area (Å²) in [6.45, 7) is 6.38. The van der Waals surface area contributed by atoms with Gasteiger partial charge in [0.15, 0.2) is 5.82 Å². The molecule has 1 N–H and O–H groups in total. The summed E-state index contributed by atoms with van der Waals surface area (Å²) in [7, 11) is 0. The van der Waals surface area contributed by atoms with Crippen molar-refractivity contribution in [1.29, 1.82) is 0 Å². The van der Waals surface area contributed by atoms with Crippen LogP contribution >= 0.6 is 0 Å². The van der Waals surface area contributed by atoms with E-state index in [2.05, 4.69) is 52.9 Å². The Morgan fingerprint density at radius 3 is 2.52 bits per heavy atom.